The third-order valence-corrected chi connectivity index (χ3v) is 5.89. The van der Waals surface area contributed by atoms with Gasteiger partial charge in [0.1, 0.15) is 0 Å². The lowest BCUT2D eigenvalue weighted by Gasteiger charge is -2.08. The van der Waals surface area contributed by atoms with Gasteiger partial charge in [0.25, 0.3) is 5.91 Å². The molecule has 6 nitrogen and oxygen atoms in total. The molecule has 1 atom stereocenters. The number of carbonyl (C=O) groups is 2. The summed E-state index contributed by atoms with van der Waals surface area (Å²) in [6.45, 7) is 0.341. The maximum Gasteiger partial charge on any atom is 0.328 e. The number of carboxylic acids is 1. The van der Waals surface area contributed by atoms with E-state index in [-0.39, 0.29) is 23.3 Å². The van der Waals surface area contributed by atoms with Gasteiger partial charge in [-0.05, 0) is 24.5 Å². The molecule has 1 aliphatic rings. The number of nitrogens with one attached hydrogen (secondary N) is 1. The molecule has 0 aromatic carbocycles. The second-order valence-electron chi connectivity index (χ2n) is 4.89. The molecule has 0 spiro atoms. The topological polar surface area (TPSA) is 101 Å². The number of aliphatic carboxylic acids is 1. The molecule has 8 heteroatoms. The molecule has 2 rings (SSSR count). The minimum absolute atomic E-state index is 0.0241. The van der Waals surface area contributed by atoms with Crippen LogP contribution in [0.2, 0.25) is 0 Å². The van der Waals surface area contributed by atoms with Crippen molar-refractivity contribution in [2.45, 2.75) is 6.42 Å². The van der Waals surface area contributed by atoms with Crippen LogP contribution in [0.25, 0.3) is 6.08 Å². The van der Waals surface area contributed by atoms with E-state index in [1.807, 2.05) is 0 Å². The highest BCUT2D eigenvalue weighted by Crippen LogP contribution is 2.19. The Labute approximate surface area is 126 Å². The molecular formula is C13H15NO5S2. The summed E-state index contributed by atoms with van der Waals surface area (Å²) < 4.78 is 22.6. The van der Waals surface area contributed by atoms with Crippen molar-refractivity contribution in [1.29, 1.82) is 0 Å². The van der Waals surface area contributed by atoms with Crippen LogP contribution in [-0.2, 0) is 14.6 Å². The molecule has 1 aromatic heterocycles. The van der Waals surface area contributed by atoms with Gasteiger partial charge in [-0.25, -0.2) is 13.2 Å². The van der Waals surface area contributed by atoms with Gasteiger partial charge in [0.15, 0.2) is 9.84 Å². The zero-order valence-electron chi connectivity index (χ0n) is 11.1. The van der Waals surface area contributed by atoms with E-state index in [2.05, 4.69) is 5.32 Å². The van der Waals surface area contributed by atoms with Crippen molar-refractivity contribution < 1.29 is 23.1 Å². The van der Waals surface area contributed by atoms with Gasteiger partial charge in [-0.2, -0.15) is 0 Å². The highest BCUT2D eigenvalue weighted by Gasteiger charge is 2.28. The van der Waals surface area contributed by atoms with E-state index < -0.39 is 15.8 Å². The molecule has 0 bridgehead atoms. The van der Waals surface area contributed by atoms with Gasteiger partial charge in [0.2, 0.25) is 0 Å². The molecule has 1 aliphatic heterocycles. The van der Waals surface area contributed by atoms with Crippen molar-refractivity contribution in [1.82, 2.24) is 5.32 Å². The summed E-state index contributed by atoms with van der Waals surface area (Å²) in [6, 6.07) is 1.60. The number of rotatable bonds is 5. The molecule has 0 saturated carbocycles. The third kappa shape index (κ3) is 4.68. The zero-order valence-corrected chi connectivity index (χ0v) is 12.7. The number of sulfone groups is 1. The van der Waals surface area contributed by atoms with E-state index in [0.717, 1.165) is 6.08 Å². The lowest BCUT2D eigenvalue weighted by Crippen LogP contribution is -2.29. The second-order valence-corrected chi connectivity index (χ2v) is 8.06. The standard InChI is InChI=1S/C13H15NO5S2/c15-12(16)2-1-11-5-10(7-20-11)13(17)14-6-9-3-4-21(18,19)8-9/h1-2,5,7,9H,3-4,6,8H2,(H,14,17)(H,15,16). The molecule has 2 heterocycles. The monoisotopic (exact) mass is 329 g/mol. The van der Waals surface area contributed by atoms with Crippen molar-refractivity contribution in [3.63, 3.8) is 0 Å². The molecule has 1 saturated heterocycles. The molecule has 0 aliphatic carbocycles. The van der Waals surface area contributed by atoms with Gasteiger partial charge in [-0.3, -0.25) is 4.79 Å². The fourth-order valence-corrected chi connectivity index (χ4v) is 4.73. The van der Waals surface area contributed by atoms with Crippen LogP contribution >= 0.6 is 11.3 Å². The number of hydrogen-bond acceptors (Lipinski definition) is 5. The van der Waals surface area contributed by atoms with Gasteiger partial charge in [-0.1, -0.05) is 0 Å². The summed E-state index contributed by atoms with van der Waals surface area (Å²) in [6.07, 6.45) is 3.02. The predicted octanol–water partition coefficient (Wildman–Crippen LogP) is 1.01. The van der Waals surface area contributed by atoms with E-state index >= 15 is 0 Å². The van der Waals surface area contributed by atoms with Gasteiger partial charge >= 0.3 is 5.97 Å². The van der Waals surface area contributed by atoms with Crippen LogP contribution in [-0.4, -0.2) is 43.5 Å². The fourth-order valence-electron chi connectivity index (χ4n) is 2.08. The van der Waals surface area contributed by atoms with E-state index in [9.17, 15) is 18.0 Å². The third-order valence-electron chi connectivity index (χ3n) is 3.15. The smallest absolute Gasteiger partial charge is 0.328 e. The lowest BCUT2D eigenvalue weighted by molar-refractivity contribution is -0.131. The molecule has 1 aromatic rings. The Bertz CT molecular complexity index is 674. The van der Waals surface area contributed by atoms with E-state index in [1.54, 1.807) is 11.4 Å². The SMILES string of the molecule is O=C(O)C=Cc1cc(C(=O)NCC2CCS(=O)(=O)C2)cs1. The highest BCUT2D eigenvalue weighted by molar-refractivity contribution is 7.91. The van der Waals surface area contributed by atoms with E-state index in [0.29, 0.717) is 23.4 Å². The zero-order chi connectivity index (χ0) is 15.5. The van der Waals surface area contributed by atoms with E-state index in [4.69, 9.17) is 5.11 Å². The van der Waals surface area contributed by atoms with Crippen LogP contribution < -0.4 is 5.32 Å². The minimum atomic E-state index is -2.93. The fraction of sp³-hybridized carbons (Fsp3) is 0.385. The lowest BCUT2D eigenvalue weighted by atomic mass is 10.1. The van der Waals surface area contributed by atoms with Crippen molar-refractivity contribution in [3.05, 3.63) is 28.0 Å². The van der Waals surface area contributed by atoms with Crippen molar-refractivity contribution in [2.75, 3.05) is 18.1 Å². The van der Waals surface area contributed by atoms with Gasteiger partial charge in [0.05, 0.1) is 17.1 Å². The minimum Gasteiger partial charge on any atom is -0.478 e. The number of amides is 1. The summed E-state index contributed by atoms with van der Waals surface area (Å²) >= 11 is 1.27. The molecule has 21 heavy (non-hydrogen) atoms. The largest absolute Gasteiger partial charge is 0.478 e. The average molecular weight is 329 g/mol. The van der Waals surface area contributed by atoms with Crippen molar-refractivity contribution in [2.24, 2.45) is 5.92 Å². The summed E-state index contributed by atoms with van der Waals surface area (Å²) in [5.74, 6) is -1.02. The molecule has 1 amide bonds. The average Bonchev–Trinajstić information content (AvgIpc) is 3.00. The number of thiophene rings is 1. The molecule has 0 radical (unpaired) electrons. The summed E-state index contributed by atoms with van der Waals surface area (Å²) in [5.41, 5.74) is 0.450. The molecule has 1 unspecified atom stereocenters. The second kappa shape index (κ2) is 6.40. The normalized spacial score (nSPS) is 20.7. The highest BCUT2D eigenvalue weighted by atomic mass is 32.2. The Hall–Kier alpha value is -1.67. The predicted molar refractivity (Wildman–Crippen MR) is 80.1 cm³/mol. The van der Waals surface area contributed by atoms with Crippen molar-refractivity contribution >= 4 is 39.1 Å². The van der Waals surface area contributed by atoms with Crippen LogP contribution in [0.4, 0.5) is 0 Å². The first-order chi connectivity index (χ1) is 9.85. The Morgan fingerprint density at radius 2 is 2.24 bits per heavy atom. The van der Waals surface area contributed by atoms with Gasteiger partial charge < -0.3 is 10.4 Å². The van der Waals surface area contributed by atoms with Crippen LogP contribution in [0.5, 0.6) is 0 Å². The maximum absolute atomic E-state index is 11.9. The summed E-state index contributed by atoms with van der Waals surface area (Å²) in [4.78, 5) is 23.0. The van der Waals surface area contributed by atoms with Crippen LogP contribution in [0.3, 0.4) is 0 Å². The van der Waals surface area contributed by atoms with E-state index in [1.165, 1.54) is 17.4 Å². The molecular weight excluding hydrogens is 314 g/mol. The van der Waals surface area contributed by atoms with Crippen molar-refractivity contribution in [3.8, 4) is 0 Å². The molecule has 114 valence electrons. The number of carboxylic acid groups (broad SMARTS) is 1. The van der Waals surface area contributed by atoms with Crippen LogP contribution in [0.15, 0.2) is 17.5 Å². The first-order valence-corrected chi connectivity index (χ1v) is 9.04. The molecule has 1 fully saturated rings. The van der Waals surface area contributed by atoms with Crippen LogP contribution in [0, 0.1) is 5.92 Å². The Kier molecular flexibility index (Phi) is 4.79. The Morgan fingerprint density at radius 1 is 1.48 bits per heavy atom. The maximum atomic E-state index is 11.9. The summed E-state index contributed by atoms with van der Waals surface area (Å²) in [5, 5.41) is 12.9. The van der Waals surface area contributed by atoms with Gasteiger partial charge in [0, 0.05) is 22.9 Å². The molecule has 2 N–H and O–H groups in total. The quantitative estimate of drug-likeness (QED) is 0.785. The summed E-state index contributed by atoms with van der Waals surface area (Å²) in [7, 11) is -2.93. The number of hydrogen-bond donors (Lipinski definition) is 2. The Morgan fingerprint density at radius 3 is 2.86 bits per heavy atom. The first-order valence-electron chi connectivity index (χ1n) is 6.34. The van der Waals surface area contributed by atoms with Gasteiger partial charge in [-0.15, -0.1) is 11.3 Å². The first kappa shape index (κ1) is 15.7. The van der Waals surface area contributed by atoms with Crippen LogP contribution in [0.1, 0.15) is 21.7 Å². The number of carbonyl (C=O) groups excluding carboxylic acids is 1. The Balaban J connectivity index is 1.88.